The molecule has 0 unspecified atom stereocenters. The van der Waals surface area contributed by atoms with Crippen LogP contribution < -0.4 is 10.2 Å². The van der Waals surface area contributed by atoms with Crippen LogP contribution in [0.15, 0.2) is 54.6 Å². The summed E-state index contributed by atoms with van der Waals surface area (Å²) in [5, 5.41) is 8.90. The first-order valence-electron chi connectivity index (χ1n) is 7.76. The first-order valence-corrected chi connectivity index (χ1v) is 9.73. The van der Waals surface area contributed by atoms with Crippen LogP contribution in [0.4, 0.5) is 0 Å². The fourth-order valence-corrected chi connectivity index (χ4v) is 5.92. The van der Waals surface area contributed by atoms with E-state index in [1.165, 1.54) is 0 Å². The predicted octanol–water partition coefficient (Wildman–Crippen LogP) is 4.40. The molecule has 1 heterocycles. The molecule has 0 aliphatic carbocycles. The Balaban J connectivity index is 1.79. The van der Waals surface area contributed by atoms with Crippen LogP contribution in [0.25, 0.3) is 0 Å². The molecule has 6 heteroatoms. The number of carbonyl (C=O) groups excluding carboxylic acids is 1. The van der Waals surface area contributed by atoms with Crippen LogP contribution in [0.5, 0.6) is 11.5 Å². The average molecular weight is 361 g/mol. The molecule has 2 aromatic rings. The molecule has 2 N–H and O–H groups in total. The number of ether oxygens (including phenoxy) is 1. The minimum Gasteiger partial charge on any atom is -0.457 e. The highest BCUT2D eigenvalue weighted by molar-refractivity contribution is 8.18. The van der Waals surface area contributed by atoms with Crippen molar-refractivity contribution in [1.29, 1.82) is 0 Å². The van der Waals surface area contributed by atoms with Gasteiger partial charge < -0.3 is 4.74 Å². The minimum absolute atomic E-state index is 0.248. The largest absolute Gasteiger partial charge is 0.457 e. The Morgan fingerprint density at radius 2 is 1.67 bits per heavy atom. The summed E-state index contributed by atoms with van der Waals surface area (Å²) >= 11 is 3.53. The van der Waals surface area contributed by atoms with Crippen LogP contribution in [0.3, 0.4) is 0 Å². The molecule has 1 saturated heterocycles. The molecule has 0 aromatic heterocycles. The van der Waals surface area contributed by atoms with Gasteiger partial charge in [-0.2, -0.15) is 0 Å². The Morgan fingerprint density at radius 3 is 2.29 bits per heavy atom. The number of hydroxylamine groups is 1. The van der Waals surface area contributed by atoms with E-state index in [-0.39, 0.29) is 16.4 Å². The smallest absolute Gasteiger partial charge is 0.245 e. The zero-order valence-corrected chi connectivity index (χ0v) is 14.7. The highest BCUT2D eigenvalue weighted by atomic mass is 32.2. The van der Waals surface area contributed by atoms with Gasteiger partial charge in [0.25, 0.3) is 0 Å². The topological polar surface area (TPSA) is 58.6 Å². The van der Waals surface area contributed by atoms with Crippen LogP contribution in [0, 0.1) is 0 Å². The van der Waals surface area contributed by atoms with E-state index in [1.807, 2.05) is 54.6 Å². The molecule has 0 atom stereocenters. The molecule has 3 rings (SSSR count). The van der Waals surface area contributed by atoms with Gasteiger partial charge in [-0.05, 0) is 47.8 Å². The Bertz CT molecular complexity index is 670. The van der Waals surface area contributed by atoms with E-state index in [1.54, 1.807) is 29.0 Å². The number of hydrogen-bond donors (Lipinski definition) is 2. The van der Waals surface area contributed by atoms with Crippen LogP contribution in [-0.4, -0.2) is 22.6 Å². The van der Waals surface area contributed by atoms with Gasteiger partial charge in [-0.3, -0.25) is 10.0 Å². The molecule has 0 spiro atoms. The lowest BCUT2D eigenvalue weighted by Crippen LogP contribution is -2.31. The highest BCUT2D eigenvalue weighted by Crippen LogP contribution is 2.52. The van der Waals surface area contributed by atoms with Gasteiger partial charge in [0, 0.05) is 0 Å². The molecular formula is C18H19NO3S2. The van der Waals surface area contributed by atoms with Crippen molar-refractivity contribution in [3.05, 3.63) is 60.2 Å². The first kappa shape index (κ1) is 17.2. The Kier molecular flexibility index (Phi) is 5.71. The van der Waals surface area contributed by atoms with E-state index in [2.05, 4.69) is 0 Å². The van der Waals surface area contributed by atoms with E-state index < -0.39 is 0 Å². The van der Waals surface area contributed by atoms with Gasteiger partial charge in [0.2, 0.25) is 5.91 Å². The van der Waals surface area contributed by atoms with E-state index >= 15 is 0 Å². The average Bonchev–Trinajstić information content (AvgIpc) is 2.64. The molecule has 0 bridgehead atoms. The number of thioether (sulfide) groups is 2. The van der Waals surface area contributed by atoms with E-state index in [0.29, 0.717) is 0 Å². The van der Waals surface area contributed by atoms with Crippen LogP contribution >= 0.6 is 23.5 Å². The maximum Gasteiger partial charge on any atom is 0.245 e. The van der Waals surface area contributed by atoms with Crippen molar-refractivity contribution in [3.8, 4) is 11.5 Å². The third-order valence-electron chi connectivity index (χ3n) is 3.75. The van der Waals surface area contributed by atoms with Gasteiger partial charge in [0.15, 0.2) is 0 Å². The number of rotatable bonds is 5. The summed E-state index contributed by atoms with van der Waals surface area (Å²) in [7, 11) is 0. The number of hydrogen-bond acceptors (Lipinski definition) is 5. The van der Waals surface area contributed by atoms with Crippen molar-refractivity contribution in [2.24, 2.45) is 0 Å². The maximum absolute atomic E-state index is 11.8. The molecule has 24 heavy (non-hydrogen) atoms. The third-order valence-corrected chi connectivity index (χ3v) is 7.14. The molecule has 0 radical (unpaired) electrons. The number of carbonyl (C=O) groups is 1. The second-order valence-electron chi connectivity index (χ2n) is 5.45. The third kappa shape index (κ3) is 4.06. The van der Waals surface area contributed by atoms with Gasteiger partial charge in [-0.15, -0.1) is 23.5 Å². The van der Waals surface area contributed by atoms with E-state index in [0.717, 1.165) is 35.0 Å². The SMILES string of the molecule is O=C(CC1(c2ccc(Oc3ccccc3)cc2)SCCCS1)NO. The van der Waals surface area contributed by atoms with Gasteiger partial charge >= 0.3 is 0 Å². The van der Waals surface area contributed by atoms with Gasteiger partial charge in [-0.1, -0.05) is 30.3 Å². The summed E-state index contributed by atoms with van der Waals surface area (Å²) in [5.74, 6) is 3.21. The van der Waals surface area contributed by atoms with Crippen molar-refractivity contribution >= 4 is 29.4 Å². The Hall–Kier alpha value is -1.63. The van der Waals surface area contributed by atoms with Crippen molar-refractivity contribution in [2.45, 2.75) is 16.9 Å². The normalized spacial score (nSPS) is 16.4. The molecule has 1 aliphatic rings. The summed E-state index contributed by atoms with van der Waals surface area (Å²) < 4.78 is 5.47. The predicted molar refractivity (Wildman–Crippen MR) is 98.7 cm³/mol. The molecule has 126 valence electrons. The molecule has 1 fully saturated rings. The second-order valence-corrected chi connectivity index (χ2v) is 8.50. The molecular weight excluding hydrogens is 342 g/mol. The molecule has 1 aliphatic heterocycles. The second kappa shape index (κ2) is 7.96. The van der Waals surface area contributed by atoms with E-state index in [4.69, 9.17) is 9.94 Å². The lowest BCUT2D eigenvalue weighted by Gasteiger charge is -2.35. The quantitative estimate of drug-likeness (QED) is 0.611. The summed E-state index contributed by atoms with van der Waals surface area (Å²) in [6, 6.07) is 17.5. The van der Waals surface area contributed by atoms with Crippen molar-refractivity contribution in [1.82, 2.24) is 5.48 Å². The fraction of sp³-hybridized carbons (Fsp3) is 0.278. The van der Waals surface area contributed by atoms with Gasteiger partial charge in [0.05, 0.1) is 10.5 Å². The highest BCUT2D eigenvalue weighted by Gasteiger charge is 2.37. The standard InChI is InChI=1S/C18H19NO3S2/c20-17(19-21)13-18(23-11-4-12-24-18)14-7-9-16(10-8-14)22-15-5-2-1-3-6-15/h1-3,5-10,21H,4,11-13H2,(H,19,20). The maximum atomic E-state index is 11.8. The van der Waals surface area contributed by atoms with Crippen molar-refractivity contribution < 1.29 is 14.7 Å². The van der Waals surface area contributed by atoms with Crippen LogP contribution in [-0.2, 0) is 8.87 Å². The molecule has 2 aromatic carbocycles. The number of amides is 1. The number of benzene rings is 2. The number of nitrogens with one attached hydrogen (secondary N) is 1. The summed E-state index contributed by atoms with van der Waals surface area (Å²) in [6.07, 6.45) is 1.38. The monoisotopic (exact) mass is 361 g/mol. The summed E-state index contributed by atoms with van der Waals surface area (Å²) in [4.78, 5) is 11.8. The van der Waals surface area contributed by atoms with Gasteiger partial charge in [-0.25, -0.2) is 5.48 Å². The van der Waals surface area contributed by atoms with Gasteiger partial charge in [0.1, 0.15) is 11.5 Å². The first-order chi connectivity index (χ1) is 11.7. The zero-order valence-electron chi connectivity index (χ0n) is 13.1. The van der Waals surface area contributed by atoms with E-state index in [9.17, 15) is 4.79 Å². The summed E-state index contributed by atoms with van der Waals surface area (Å²) in [6.45, 7) is 0. The lowest BCUT2D eigenvalue weighted by molar-refractivity contribution is -0.129. The van der Waals surface area contributed by atoms with Crippen LogP contribution in [0.2, 0.25) is 0 Å². The molecule has 4 nitrogen and oxygen atoms in total. The Labute approximate surface area is 149 Å². The van der Waals surface area contributed by atoms with Crippen molar-refractivity contribution in [2.75, 3.05) is 11.5 Å². The lowest BCUT2D eigenvalue weighted by atomic mass is 10.1. The Morgan fingerprint density at radius 1 is 1.04 bits per heavy atom. The van der Waals surface area contributed by atoms with Crippen molar-refractivity contribution in [3.63, 3.8) is 0 Å². The molecule has 1 amide bonds. The fourth-order valence-electron chi connectivity index (χ4n) is 2.60. The molecule has 0 saturated carbocycles. The minimum atomic E-state index is -0.360. The summed E-state index contributed by atoms with van der Waals surface area (Å²) in [5.41, 5.74) is 2.83. The zero-order chi connectivity index (χ0) is 16.8. The number of para-hydroxylation sites is 1. The van der Waals surface area contributed by atoms with Crippen LogP contribution in [0.1, 0.15) is 18.4 Å².